The van der Waals surface area contributed by atoms with E-state index in [1.54, 1.807) is 10.9 Å². The van der Waals surface area contributed by atoms with Crippen LogP contribution in [-0.2, 0) is 7.05 Å². The van der Waals surface area contributed by atoms with Crippen LogP contribution in [0.4, 0.5) is 0 Å². The Kier molecular flexibility index (Phi) is 4.62. The number of hydrogen-bond donors (Lipinski definition) is 2. The zero-order valence-electron chi connectivity index (χ0n) is 18.0. The number of nitrogens with zero attached hydrogens (tertiary/aromatic N) is 4. The van der Waals surface area contributed by atoms with Crippen molar-refractivity contribution in [3.8, 4) is 11.3 Å². The molecule has 1 atom stereocenters. The lowest BCUT2D eigenvalue weighted by Crippen LogP contribution is -2.27. The van der Waals surface area contributed by atoms with Crippen LogP contribution in [0.2, 0.25) is 0 Å². The highest BCUT2D eigenvalue weighted by Gasteiger charge is 2.19. The zero-order valence-corrected chi connectivity index (χ0v) is 18.0. The topological polar surface area (TPSA) is 97.1 Å². The molecule has 160 valence electrons. The van der Waals surface area contributed by atoms with Gasteiger partial charge in [-0.15, -0.1) is 0 Å². The van der Waals surface area contributed by atoms with Gasteiger partial charge in [0.05, 0.1) is 23.6 Å². The summed E-state index contributed by atoms with van der Waals surface area (Å²) in [6.07, 6.45) is 3.61. The number of H-pyrrole nitrogens is 1. The first-order chi connectivity index (χ1) is 15.4. The molecule has 0 saturated carbocycles. The number of nitrogens with one attached hydrogen (secondary N) is 2. The van der Waals surface area contributed by atoms with Crippen molar-refractivity contribution in [2.24, 2.45) is 7.05 Å². The van der Waals surface area contributed by atoms with Crippen LogP contribution in [-0.4, -0.2) is 30.3 Å². The summed E-state index contributed by atoms with van der Waals surface area (Å²) in [6.45, 7) is 3.79. The fourth-order valence-corrected chi connectivity index (χ4v) is 4.01. The fourth-order valence-electron chi connectivity index (χ4n) is 4.01. The SMILES string of the molecule is Cc1nn(C)cc1C(C)NC(=O)c1cc2c(=O)[nH]c(-c3ccc4ccccc4c3)cn2n1. The van der Waals surface area contributed by atoms with Crippen molar-refractivity contribution in [2.75, 3.05) is 0 Å². The average Bonchev–Trinajstić information content (AvgIpc) is 3.36. The number of rotatable bonds is 4. The predicted molar refractivity (Wildman–Crippen MR) is 123 cm³/mol. The first-order valence-electron chi connectivity index (χ1n) is 10.3. The molecule has 0 aliphatic rings. The maximum atomic E-state index is 12.8. The second kappa shape index (κ2) is 7.49. The third kappa shape index (κ3) is 3.45. The Balaban J connectivity index is 1.47. The fraction of sp³-hybridized carbons (Fsp3) is 0.167. The molecule has 32 heavy (non-hydrogen) atoms. The minimum absolute atomic E-state index is 0.180. The molecular formula is C24H22N6O2. The molecule has 2 N–H and O–H groups in total. The number of benzene rings is 2. The molecule has 0 bridgehead atoms. The van der Waals surface area contributed by atoms with E-state index in [0.29, 0.717) is 11.2 Å². The summed E-state index contributed by atoms with van der Waals surface area (Å²) >= 11 is 0. The van der Waals surface area contributed by atoms with Crippen LogP contribution in [0.5, 0.6) is 0 Å². The molecule has 3 aromatic heterocycles. The highest BCUT2D eigenvalue weighted by Crippen LogP contribution is 2.23. The molecule has 0 aliphatic heterocycles. The van der Waals surface area contributed by atoms with Crippen molar-refractivity contribution < 1.29 is 4.79 Å². The van der Waals surface area contributed by atoms with Gasteiger partial charge in [0.2, 0.25) is 0 Å². The van der Waals surface area contributed by atoms with Crippen LogP contribution in [0.15, 0.2) is 65.7 Å². The van der Waals surface area contributed by atoms with Gasteiger partial charge in [0, 0.05) is 30.4 Å². The number of hydrogen-bond acceptors (Lipinski definition) is 4. The van der Waals surface area contributed by atoms with Gasteiger partial charge in [-0.2, -0.15) is 10.2 Å². The molecule has 0 spiro atoms. The standard InChI is InChI=1S/C24H22N6O2/c1-14(19-12-29(3)27-15(19)2)25-23(31)20-11-22-24(32)26-21(13-30(22)28-20)18-9-8-16-6-4-5-7-17(16)10-18/h4-14H,1-3H3,(H,25,31)(H,26,32). The Bertz CT molecular complexity index is 1540. The smallest absolute Gasteiger partial charge is 0.274 e. The van der Waals surface area contributed by atoms with Crippen LogP contribution < -0.4 is 10.9 Å². The van der Waals surface area contributed by atoms with Gasteiger partial charge in [-0.05, 0) is 30.7 Å². The molecule has 5 rings (SSSR count). The summed E-state index contributed by atoms with van der Waals surface area (Å²) in [5.41, 5.74) is 3.46. The number of fused-ring (bicyclic) bond motifs is 2. The second-order valence-electron chi connectivity index (χ2n) is 7.96. The lowest BCUT2D eigenvalue weighted by Gasteiger charge is -2.11. The van der Waals surface area contributed by atoms with Crippen LogP contribution in [0, 0.1) is 6.92 Å². The van der Waals surface area contributed by atoms with E-state index in [1.165, 1.54) is 10.6 Å². The first-order valence-corrected chi connectivity index (χ1v) is 10.3. The van der Waals surface area contributed by atoms with E-state index in [9.17, 15) is 9.59 Å². The van der Waals surface area contributed by atoms with Gasteiger partial charge in [-0.25, -0.2) is 4.52 Å². The van der Waals surface area contributed by atoms with Crippen molar-refractivity contribution in [1.82, 2.24) is 29.7 Å². The molecule has 2 aromatic carbocycles. The molecule has 5 aromatic rings. The largest absolute Gasteiger partial charge is 0.344 e. The van der Waals surface area contributed by atoms with Crippen molar-refractivity contribution in [3.63, 3.8) is 0 Å². The number of aryl methyl sites for hydroxylation is 2. The minimum atomic E-state index is -0.351. The molecule has 3 heterocycles. The molecule has 0 saturated heterocycles. The number of aromatic nitrogens is 5. The van der Waals surface area contributed by atoms with Gasteiger partial charge in [0.1, 0.15) is 5.52 Å². The molecule has 8 nitrogen and oxygen atoms in total. The Hall–Kier alpha value is -4.20. The quantitative estimate of drug-likeness (QED) is 0.460. The Morgan fingerprint density at radius 2 is 1.84 bits per heavy atom. The van der Waals surface area contributed by atoms with Gasteiger partial charge >= 0.3 is 0 Å². The lowest BCUT2D eigenvalue weighted by atomic mass is 10.1. The highest BCUT2D eigenvalue weighted by molar-refractivity contribution is 5.94. The third-order valence-corrected chi connectivity index (χ3v) is 5.63. The van der Waals surface area contributed by atoms with Crippen molar-refractivity contribution in [3.05, 3.63) is 88.2 Å². The van der Waals surface area contributed by atoms with Gasteiger partial charge < -0.3 is 10.3 Å². The molecule has 1 amide bonds. The first kappa shape index (κ1) is 19.7. The number of carbonyl (C=O) groups is 1. The summed E-state index contributed by atoms with van der Waals surface area (Å²) in [4.78, 5) is 28.4. The lowest BCUT2D eigenvalue weighted by molar-refractivity contribution is 0.0934. The molecular weight excluding hydrogens is 404 g/mol. The number of aromatic amines is 1. The average molecular weight is 426 g/mol. The van der Waals surface area contributed by atoms with E-state index in [4.69, 9.17) is 0 Å². The summed E-state index contributed by atoms with van der Waals surface area (Å²) in [5.74, 6) is -0.351. The maximum Gasteiger partial charge on any atom is 0.274 e. The number of amides is 1. The monoisotopic (exact) mass is 426 g/mol. The Labute approximate surface area is 183 Å². The molecule has 0 fully saturated rings. The van der Waals surface area contributed by atoms with Crippen LogP contribution in [0.1, 0.15) is 34.7 Å². The van der Waals surface area contributed by atoms with Crippen molar-refractivity contribution >= 4 is 22.2 Å². The van der Waals surface area contributed by atoms with Gasteiger partial charge in [-0.3, -0.25) is 14.3 Å². The van der Waals surface area contributed by atoms with E-state index in [-0.39, 0.29) is 23.2 Å². The van der Waals surface area contributed by atoms with Crippen LogP contribution in [0.3, 0.4) is 0 Å². The second-order valence-corrected chi connectivity index (χ2v) is 7.96. The van der Waals surface area contributed by atoms with Crippen molar-refractivity contribution in [2.45, 2.75) is 19.9 Å². The van der Waals surface area contributed by atoms with Gasteiger partial charge in [0.25, 0.3) is 11.5 Å². The molecule has 0 aliphatic carbocycles. The van der Waals surface area contributed by atoms with E-state index in [1.807, 2.05) is 69.6 Å². The van der Waals surface area contributed by atoms with E-state index < -0.39 is 0 Å². The minimum Gasteiger partial charge on any atom is -0.344 e. The molecule has 0 radical (unpaired) electrons. The predicted octanol–water partition coefficient (Wildman–Crippen LogP) is 3.38. The van der Waals surface area contributed by atoms with E-state index >= 15 is 0 Å². The van der Waals surface area contributed by atoms with Crippen molar-refractivity contribution in [1.29, 1.82) is 0 Å². The van der Waals surface area contributed by atoms with Gasteiger partial charge in [0.15, 0.2) is 5.69 Å². The van der Waals surface area contributed by atoms with E-state index in [2.05, 4.69) is 20.5 Å². The zero-order chi connectivity index (χ0) is 22.4. The van der Waals surface area contributed by atoms with Gasteiger partial charge in [-0.1, -0.05) is 36.4 Å². The van der Waals surface area contributed by atoms with Crippen LogP contribution in [0.25, 0.3) is 27.5 Å². The molecule has 1 unspecified atom stereocenters. The highest BCUT2D eigenvalue weighted by atomic mass is 16.2. The summed E-state index contributed by atoms with van der Waals surface area (Å²) in [5, 5.41) is 13.8. The Morgan fingerprint density at radius 3 is 2.59 bits per heavy atom. The maximum absolute atomic E-state index is 12.8. The third-order valence-electron chi connectivity index (χ3n) is 5.63. The summed E-state index contributed by atoms with van der Waals surface area (Å²) < 4.78 is 3.17. The van der Waals surface area contributed by atoms with E-state index in [0.717, 1.165) is 27.6 Å². The summed E-state index contributed by atoms with van der Waals surface area (Å²) in [6, 6.07) is 15.3. The molecule has 8 heteroatoms. The number of carbonyl (C=O) groups excluding carboxylic acids is 1. The van der Waals surface area contributed by atoms with Crippen LogP contribution >= 0.6 is 0 Å². The normalized spacial score (nSPS) is 12.3. The Morgan fingerprint density at radius 1 is 1.06 bits per heavy atom. The summed E-state index contributed by atoms with van der Waals surface area (Å²) in [7, 11) is 1.84.